The minimum absolute atomic E-state index is 0.0614. The van der Waals surface area contributed by atoms with Crippen molar-refractivity contribution in [2.75, 3.05) is 0 Å². The van der Waals surface area contributed by atoms with Crippen LogP contribution in [0.4, 0.5) is 0 Å². The number of carbonyl (C=O) groups is 1. The monoisotopic (exact) mass is 250 g/mol. The first-order valence-electron chi connectivity index (χ1n) is 6.95. The molecule has 1 aliphatic carbocycles. The van der Waals surface area contributed by atoms with E-state index >= 15 is 0 Å². The highest BCUT2D eigenvalue weighted by Gasteiger charge is 2.31. The van der Waals surface area contributed by atoms with Crippen molar-refractivity contribution in [3.63, 3.8) is 0 Å². The predicted octanol–water partition coefficient (Wildman–Crippen LogP) is 4.04. The summed E-state index contributed by atoms with van der Waals surface area (Å²) in [6.45, 7) is 4.42. The minimum atomic E-state index is -0.319. The number of rotatable bonds is 4. The Kier molecular flexibility index (Phi) is 4.45. The highest BCUT2D eigenvalue weighted by molar-refractivity contribution is 5.86. The van der Waals surface area contributed by atoms with Gasteiger partial charge in [0.05, 0.1) is 6.26 Å². The maximum absolute atomic E-state index is 11.9. The third-order valence-corrected chi connectivity index (χ3v) is 3.83. The molecule has 18 heavy (non-hydrogen) atoms. The summed E-state index contributed by atoms with van der Waals surface area (Å²) < 4.78 is 10.7. The maximum Gasteiger partial charge on any atom is 0.374 e. The van der Waals surface area contributed by atoms with E-state index in [-0.39, 0.29) is 12.1 Å². The minimum Gasteiger partial charge on any atom is -0.457 e. The molecule has 2 rings (SSSR count). The van der Waals surface area contributed by atoms with Crippen molar-refractivity contribution in [1.82, 2.24) is 0 Å². The lowest BCUT2D eigenvalue weighted by molar-refractivity contribution is -0.0115. The third-order valence-electron chi connectivity index (χ3n) is 3.83. The second-order valence-electron chi connectivity index (χ2n) is 5.39. The zero-order chi connectivity index (χ0) is 13.0. The smallest absolute Gasteiger partial charge is 0.374 e. The summed E-state index contributed by atoms with van der Waals surface area (Å²) in [6.07, 6.45) is 7.26. The lowest BCUT2D eigenvalue weighted by Gasteiger charge is -2.34. The summed E-state index contributed by atoms with van der Waals surface area (Å²) in [5, 5.41) is 0. The molecule has 3 atom stereocenters. The molecule has 1 fully saturated rings. The molecule has 0 radical (unpaired) electrons. The van der Waals surface area contributed by atoms with Crippen LogP contribution >= 0.6 is 0 Å². The first-order chi connectivity index (χ1) is 8.70. The Morgan fingerprint density at radius 3 is 3.00 bits per heavy atom. The van der Waals surface area contributed by atoms with Crippen LogP contribution in [0.2, 0.25) is 0 Å². The van der Waals surface area contributed by atoms with Gasteiger partial charge in [0.15, 0.2) is 0 Å². The molecule has 100 valence electrons. The molecular formula is C15H22O3. The number of carbonyl (C=O) groups excluding carboxylic acids is 1. The Hall–Kier alpha value is -1.25. The van der Waals surface area contributed by atoms with E-state index in [4.69, 9.17) is 9.15 Å². The quantitative estimate of drug-likeness (QED) is 0.757. The zero-order valence-electron chi connectivity index (χ0n) is 11.2. The van der Waals surface area contributed by atoms with Crippen molar-refractivity contribution >= 4 is 5.97 Å². The highest BCUT2D eigenvalue weighted by atomic mass is 16.6. The molecule has 1 aromatic heterocycles. The SMILES string of the molecule is CCC[C@@H]1CC[C@H](C)C[C@@H]1OC(=O)c1ccco1. The molecule has 3 nitrogen and oxygen atoms in total. The fraction of sp³-hybridized carbons (Fsp3) is 0.667. The fourth-order valence-electron chi connectivity index (χ4n) is 2.83. The number of hydrogen-bond donors (Lipinski definition) is 0. The summed E-state index contributed by atoms with van der Waals surface area (Å²) in [5.74, 6) is 1.15. The fourth-order valence-corrected chi connectivity index (χ4v) is 2.83. The van der Waals surface area contributed by atoms with Gasteiger partial charge in [0.2, 0.25) is 5.76 Å². The molecule has 0 saturated heterocycles. The van der Waals surface area contributed by atoms with E-state index in [1.165, 1.54) is 19.1 Å². The summed E-state index contributed by atoms with van der Waals surface area (Å²) in [5.41, 5.74) is 0. The van der Waals surface area contributed by atoms with Gasteiger partial charge in [0.25, 0.3) is 0 Å². The number of furan rings is 1. The molecule has 0 N–H and O–H groups in total. The summed E-state index contributed by atoms with van der Waals surface area (Å²) in [6, 6.07) is 3.37. The average Bonchev–Trinajstić information content (AvgIpc) is 2.86. The molecule has 0 unspecified atom stereocenters. The van der Waals surface area contributed by atoms with Gasteiger partial charge in [-0.3, -0.25) is 0 Å². The van der Waals surface area contributed by atoms with E-state index in [0.29, 0.717) is 17.6 Å². The number of hydrogen-bond acceptors (Lipinski definition) is 3. The van der Waals surface area contributed by atoms with Gasteiger partial charge in [-0.25, -0.2) is 4.79 Å². The molecule has 1 saturated carbocycles. The number of ether oxygens (including phenoxy) is 1. The Morgan fingerprint density at radius 2 is 2.33 bits per heavy atom. The van der Waals surface area contributed by atoms with Crippen molar-refractivity contribution in [1.29, 1.82) is 0 Å². The summed E-state index contributed by atoms with van der Waals surface area (Å²) >= 11 is 0. The van der Waals surface area contributed by atoms with E-state index in [0.717, 1.165) is 19.3 Å². The van der Waals surface area contributed by atoms with Crippen LogP contribution in [-0.4, -0.2) is 12.1 Å². The molecule has 3 heteroatoms. The molecule has 1 aliphatic rings. The Bertz CT molecular complexity index is 369. The van der Waals surface area contributed by atoms with Crippen molar-refractivity contribution in [3.05, 3.63) is 24.2 Å². The van der Waals surface area contributed by atoms with Crippen LogP contribution in [0.5, 0.6) is 0 Å². The van der Waals surface area contributed by atoms with Gasteiger partial charge in [0, 0.05) is 0 Å². The van der Waals surface area contributed by atoms with Gasteiger partial charge in [-0.2, -0.15) is 0 Å². The molecule has 0 amide bonds. The van der Waals surface area contributed by atoms with Crippen LogP contribution in [0, 0.1) is 11.8 Å². The van der Waals surface area contributed by atoms with Crippen LogP contribution in [0.25, 0.3) is 0 Å². The largest absolute Gasteiger partial charge is 0.457 e. The van der Waals surface area contributed by atoms with Crippen LogP contribution in [-0.2, 0) is 4.74 Å². The first kappa shape index (κ1) is 13.2. The topological polar surface area (TPSA) is 39.4 Å². The highest BCUT2D eigenvalue weighted by Crippen LogP contribution is 2.34. The Balaban J connectivity index is 1.97. The molecule has 0 aliphatic heterocycles. The standard InChI is InChI=1S/C15H22O3/c1-3-5-12-8-7-11(2)10-14(12)18-15(16)13-6-4-9-17-13/h4,6,9,11-12,14H,3,5,7-8,10H2,1-2H3/t11-,12+,14-/m0/s1. The number of esters is 1. The van der Waals surface area contributed by atoms with Crippen molar-refractivity contribution < 1.29 is 13.9 Å². The normalized spacial score (nSPS) is 28.0. The summed E-state index contributed by atoms with van der Waals surface area (Å²) in [4.78, 5) is 11.9. The molecule has 0 bridgehead atoms. The van der Waals surface area contributed by atoms with E-state index < -0.39 is 0 Å². The summed E-state index contributed by atoms with van der Waals surface area (Å²) in [7, 11) is 0. The predicted molar refractivity (Wildman–Crippen MR) is 69.3 cm³/mol. The van der Waals surface area contributed by atoms with Crippen LogP contribution < -0.4 is 0 Å². The van der Waals surface area contributed by atoms with Gasteiger partial charge in [-0.05, 0) is 43.2 Å². The van der Waals surface area contributed by atoms with Gasteiger partial charge in [0.1, 0.15) is 6.10 Å². The van der Waals surface area contributed by atoms with E-state index in [2.05, 4.69) is 13.8 Å². The van der Waals surface area contributed by atoms with Gasteiger partial charge in [-0.1, -0.05) is 26.7 Å². The first-order valence-corrected chi connectivity index (χ1v) is 6.95. The van der Waals surface area contributed by atoms with Gasteiger partial charge >= 0.3 is 5.97 Å². The average molecular weight is 250 g/mol. The van der Waals surface area contributed by atoms with E-state index in [1.807, 2.05) is 0 Å². The van der Waals surface area contributed by atoms with Crippen molar-refractivity contribution in [2.24, 2.45) is 11.8 Å². The second kappa shape index (κ2) is 6.07. The lowest BCUT2D eigenvalue weighted by atomic mass is 9.78. The van der Waals surface area contributed by atoms with Crippen LogP contribution in [0.1, 0.15) is 56.5 Å². The van der Waals surface area contributed by atoms with Gasteiger partial charge < -0.3 is 9.15 Å². The van der Waals surface area contributed by atoms with E-state index in [1.54, 1.807) is 12.1 Å². The Morgan fingerprint density at radius 1 is 1.50 bits per heavy atom. The molecule has 0 spiro atoms. The molecular weight excluding hydrogens is 228 g/mol. The molecule has 0 aromatic carbocycles. The Labute approximate surface area is 109 Å². The van der Waals surface area contributed by atoms with Crippen LogP contribution in [0.3, 0.4) is 0 Å². The van der Waals surface area contributed by atoms with E-state index in [9.17, 15) is 4.79 Å². The molecule has 1 heterocycles. The maximum atomic E-state index is 11.9. The lowest BCUT2D eigenvalue weighted by Crippen LogP contribution is -2.33. The zero-order valence-corrected chi connectivity index (χ0v) is 11.2. The molecule has 1 aromatic rings. The second-order valence-corrected chi connectivity index (χ2v) is 5.39. The van der Waals surface area contributed by atoms with Crippen molar-refractivity contribution in [3.8, 4) is 0 Å². The van der Waals surface area contributed by atoms with Crippen molar-refractivity contribution in [2.45, 2.75) is 52.1 Å². The van der Waals surface area contributed by atoms with Gasteiger partial charge in [-0.15, -0.1) is 0 Å². The third kappa shape index (κ3) is 3.15. The van der Waals surface area contributed by atoms with Crippen LogP contribution in [0.15, 0.2) is 22.8 Å².